The van der Waals surface area contributed by atoms with Crippen LogP contribution in [0.15, 0.2) is 18.2 Å². The zero-order chi connectivity index (χ0) is 17.0. The van der Waals surface area contributed by atoms with Crippen molar-refractivity contribution in [1.82, 2.24) is 10.6 Å². The van der Waals surface area contributed by atoms with E-state index in [0.29, 0.717) is 12.1 Å². The molecule has 2 rings (SSSR count). The SMILES string of the molecule is CC1(C)SCC[C@H](N)CN[C@@H]1C(=O)NCc1cccc(O)c1Cl. The van der Waals surface area contributed by atoms with Gasteiger partial charge in [0.2, 0.25) is 5.91 Å². The molecule has 1 saturated heterocycles. The topological polar surface area (TPSA) is 87.4 Å². The Morgan fingerprint density at radius 3 is 3.04 bits per heavy atom. The van der Waals surface area contributed by atoms with Gasteiger partial charge in [0.1, 0.15) is 11.8 Å². The predicted octanol–water partition coefficient (Wildman–Crippen LogP) is 1.86. The summed E-state index contributed by atoms with van der Waals surface area (Å²) in [4.78, 5) is 12.6. The van der Waals surface area contributed by atoms with Crippen molar-refractivity contribution in [3.8, 4) is 5.75 Å². The van der Waals surface area contributed by atoms with E-state index in [0.717, 1.165) is 12.2 Å². The first-order valence-corrected chi connectivity index (χ1v) is 9.04. The maximum Gasteiger partial charge on any atom is 0.238 e. The van der Waals surface area contributed by atoms with Crippen molar-refractivity contribution in [2.75, 3.05) is 12.3 Å². The molecule has 23 heavy (non-hydrogen) atoms. The maximum absolute atomic E-state index is 12.6. The zero-order valence-electron chi connectivity index (χ0n) is 13.4. The lowest BCUT2D eigenvalue weighted by molar-refractivity contribution is -0.123. The molecule has 5 nitrogen and oxygen atoms in total. The molecule has 1 amide bonds. The molecule has 5 N–H and O–H groups in total. The molecule has 0 bridgehead atoms. The molecule has 1 heterocycles. The third kappa shape index (κ3) is 4.76. The number of halogens is 1. The fourth-order valence-electron chi connectivity index (χ4n) is 2.57. The first-order valence-electron chi connectivity index (χ1n) is 7.68. The number of thioether (sulfide) groups is 1. The number of hydrogen-bond acceptors (Lipinski definition) is 5. The summed E-state index contributed by atoms with van der Waals surface area (Å²) in [5.41, 5.74) is 6.69. The lowest BCUT2D eigenvalue weighted by Gasteiger charge is -2.36. The zero-order valence-corrected chi connectivity index (χ0v) is 15.0. The molecule has 1 aromatic rings. The minimum Gasteiger partial charge on any atom is -0.506 e. The van der Waals surface area contributed by atoms with Crippen molar-refractivity contribution in [1.29, 1.82) is 0 Å². The van der Waals surface area contributed by atoms with E-state index in [9.17, 15) is 9.90 Å². The van der Waals surface area contributed by atoms with Crippen molar-refractivity contribution in [2.45, 2.75) is 43.6 Å². The number of aromatic hydroxyl groups is 1. The molecule has 7 heteroatoms. The van der Waals surface area contributed by atoms with Gasteiger partial charge in [-0.1, -0.05) is 23.7 Å². The third-order valence-corrected chi connectivity index (χ3v) is 5.87. The first kappa shape index (κ1) is 18.4. The number of carbonyl (C=O) groups is 1. The largest absolute Gasteiger partial charge is 0.506 e. The van der Waals surface area contributed by atoms with Crippen LogP contribution in [0.3, 0.4) is 0 Å². The number of phenolic OH excluding ortho intramolecular Hbond substituents is 1. The maximum atomic E-state index is 12.6. The van der Waals surface area contributed by atoms with Crippen LogP contribution in [0.5, 0.6) is 5.75 Å². The Labute approximate surface area is 146 Å². The highest BCUT2D eigenvalue weighted by Gasteiger charge is 2.36. The van der Waals surface area contributed by atoms with E-state index in [1.807, 2.05) is 0 Å². The van der Waals surface area contributed by atoms with Crippen LogP contribution < -0.4 is 16.4 Å². The molecule has 2 atom stereocenters. The second-order valence-corrected chi connectivity index (χ2v) is 8.44. The van der Waals surface area contributed by atoms with Crippen molar-refractivity contribution in [2.24, 2.45) is 5.73 Å². The fourth-order valence-corrected chi connectivity index (χ4v) is 4.07. The van der Waals surface area contributed by atoms with Crippen LogP contribution in [-0.4, -0.2) is 40.1 Å². The van der Waals surface area contributed by atoms with Gasteiger partial charge < -0.3 is 21.5 Å². The Kier molecular flexibility index (Phi) is 6.19. The number of hydrogen-bond donors (Lipinski definition) is 4. The van der Waals surface area contributed by atoms with Crippen molar-refractivity contribution in [3.63, 3.8) is 0 Å². The molecular formula is C16H24ClN3O2S. The molecule has 1 aromatic carbocycles. The molecule has 0 unspecified atom stereocenters. The highest BCUT2D eigenvalue weighted by atomic mass is 35.5. The second kappa shape index (κ2) is 7.75. The minimum atomic E-state index is -0.338. The number of carbonyl (C=O) groups excluding carboxylic acids is 1. The van der Waals surface area contributed by atoms with Gasteiger partial charge in [-0.25, -0.2) is 0 Å². The molecule has 0 radical (unpaired) electrons. The third-order valence-electron chi connectivity index (χ3n) is 4.02. The number of benzene rings is 1. The van der Waals surface area contributed by atoms with Gasteiger partial charge in [-0.05, 0) is 37.7 Å². The summed E-state index contributed by atoms with van der Waals surface area (Å²) in [6.07, 6.45) is 0.939. The summed E-state index contributed by atoms with van der Waals surface area (Å²) in [6, 6.07) is 4.73. The van der Waals surface area contributed by atoms with Crippen LogP contribution >= 0.6 is 23.4 Å². The number of rotatable bonds is 3. The van der Waals surface area contributed by atoms with E-state index in [2.05, 4.69) is 24.5 Å². The predicted molar refractivity (Wildman–Crippen MR) is 95.9 cm³/mol. The Morgan fingerprint density at radius 1 is 1.57 bits per heavy atom. The van der Waals surface area contributed by atoms with Crippen molar-refractivity contribution in [3.05, 3.63) is 28.8 Å². The smallest absolute Gasteiger partial charge is 0.238 e. The molecular weight excluding hydrogens is 334 g/mol. The Hall–Kier alpha value is -0.950. The summed E-state index contributed by atoms with van der Waals surface area (Å²) in [6.45, 7) is 5.02. The quantitative estimate of drug-likeness (QED) is 0.663. The molecule has 1 aliphatic rings. The van der Waals surface area contributed by atoms with Gasteiger partial charge in [0.05, 0.1) is 5.02 Å². The normalized spacial score (nSPS) is 24.5. The molecule has 1 aliphatic heterocycles. The van der Waals surface area contributed by atoms with Gasteiger partial charge in [-0.15, -0.1) is 0 Å². The van der Waals surface area contributed by atoms with E-state index >= 15 is 0 Å². The van der Waals surface area contributed by atoms with Crippen LogP contribution in [0.25, 0.3) is 0 Å². The number of amides is 1. The summed E-state index contributed by atoms with van der Waals surface area (Å²) in [7, 11) is 0. The van der Waals surface area contributed by atoms with Gasteiger partial charge in [0.25, 0.3) is 0 Å². The van der Waals surface area contributed by atoms with Crippen molar-refractivity contribution >= 4 is 29.3 Å². The number of nitrogens with one attached hydrogen (secondary N) is 2. The van der Waals surface area contributed by atoms with Gasteiger partial charge in [-0.2, -0.15) is 11.8 Å². The van der Waals surface area contributed by atoms with Crippen LogP contribution in [0.1, 0.15) is 25.8 Å². The highest BCUT2D eigenvalue weighted by Crippen LogP contribution is 2.31. The monoisotopic (exact) mass is 357 g/mol. The summed E-state index contributed by atoms with van der Waals surface area (Å²) >= 11 is 7.80. The van der Waals surface area contributed by atoms with E-state index in [1.54, 1.807) is 23.9 Å². The molecule has 0 spiro atoms. The molecule has 128 valence electrons. The van der Waals surface area contributed by atoms with Crippen LogP contribution in [0.2, 0.25) is 5.02 Å². The lowest BCUT2D eigenvalue weighted by atomic mass is 10.0. The van der Waals surface area contributed by atoms with Gasteiger partial charge in [0.15, 0.2) is 0 Å². The summed E-state index contributed by atoms with van der Waals surface area (Å²) < 4.78 is -0.229. The fraction of sp³-hybridized carbons (Fsp3) is 0.562. The number of phenols is 1. The Morgan fingerprint density at radius 2 is 2.30 bits per heavy atom. The van der Waals surface area contributed by atoms with E-state index in [1.165, 1.54) is 6.07 Å². The van der Waals surface area contributed by atoms with E-state index in [4.69, 9.17) is 17.3 Å². The van der Waals surface area contributed by atoms with Crippen LogP contribution in [0.4, 0.5) is 0 Å². The summed E-state index contributed by atoms with van der Waals surface area (Å²) in [5, 5.41) is 16.1. The van der Waals surface area contributed by atoms with Gasteiger partial charge >= 0.3 is 0 Å². The van der Waals surface area contributed by atoms with Crippen molar-refractivity contribution < 1.29 is 9.90 Å². The molecule has 0 aliphatic carbocycles. The first-order chi connectivity index (χ1) is 10.8. The Balaban J connectivity index is 2.03. The summed E-state index contributed by atoms with van der Waals surface area (Å²) in [5.74, 6) is 0.873. The van der Waals surface area contributed by atoms with Crippen LogP contribution in [-0.2, 0) is 11.3 Å². The van der Waals surface area contributed by atoms with Crippen LogP contribution in [0, 0.1) is 0 Å². The van der Waals surface area contributed by atoms with Gasteiger partial charge in [-0.3, -0.25) is 4.79 Å². The van der Waals surface area contributed by atoms with E-state index < -0.39 is 0 Å². The lowest BCUT2D eigenvalue weighted by Crippen LogP contribution is -2.58. The molecule has 0 aromatic heterocycles. The minimum absolute atomic E-state index is 0.0179. The number of nitrogens with two attached hydrogens (primary N) is 1. The average Bonchev–Trinajstić information content (AvgIpc) is 2.47. The average molecular weight is 358 g/mol. The standard InChI is InChI=1S/C16H24ClN3O2S/c1-16(2)14(19-9-11(18)6-7-23-16)15(22)20-8-10-4-3-5-12(21)13(10)17/h3-5,11,14,19,21H,6-9,18H2,1-2H3,(H,20,22)/t11-,14+/m0/s1. The van der Waals surface area contributed by atoms with Gasteiger partial charge in [0, 0.05) is 23.9 Å². The second-order valence-electron chi connectivity index (χ2n) is 6.31. The van der Waals surface area contributed by atoms with E-state index in [-0.39, 0.29) is 40.1 Å². The highest BCUT2D eigenvalue weighted by molar-refractivity contribution is 8.00. The molecule has 0 saturated carbocycles. The molecule has 1 fully saturated rings. The Bertz CT molecular complexity index is 568.